The zero-order valence-corrected chi connectivity index (χ0v) is 23.2. The Morgan fingerprint density at radius 1 is 0.850 bits per heavy atom. The normalized spacial score (nSPS) is 13.2. The van der Waals surface area contributed by atoms with Crippen LogP contribution in [0.25, 0.3) is 0 Å². The number of esters is 1. The summed E-state index contributed by atoms with van der Waals surface area (Å²) in [6.45, 7) is 6.51. The quantitative estimate of drug-likeness (QED) is 0.168. The first kappa shape index (κ1) is 28.6. The Morgan fingerprint density at radius 2 is 1.45 bits per heavy atom. The number of hydrogen-bond acceptors (Lipinski definition) is 6. The van der Waals surface area contributed by atoms with Crippen LogP contribution in [0.3, 0.4) is 0 Å². The van der Waals surface area contributed by atoms with E-state index in [4.69, 9.17) is 16.3 Å². The van der Waals surface area contributed by atoms with Crippen LogP contribution in [-0.2, 0) is 14.3 Å². The molecular weight excluding hydrogens is 530 g/mol. The third kappa shape index (κ3) is 6.40. The van der Waals surface area contributed by atoms with Crippen molar-refractivity contribution in [3.63, 3.8) is 0 Å². The molecule has 0 spiro atoms. The van der Waals surface area contributed by atoms with E-state index in [-0.39, 0.29) is 16.6 Å². The SMILES string of the molecule is CCCCOC(=O)c1ccc(NC(=O)c2ccc(NC3=C(Cl)C(=O)N(c4ccc(C(C)C)cc4)C3=O)cc2)cc1. The summed E-state index contributed by atoms with van der Waals surface area (Å²) in [6.07, 6.45) is 1.74. The van der Waals surface area contributed by atoms with Crippen molar-refractivity contribution in [1.82, 2.24) is 0 Å². The molecule has 0 aromatic heterocycles. The average molecular weight is 560 g/mol. The van der Waals surface area contributed by atoms with Gasteiger partial charge < -0.3 is 15.4 Å². The molecule has 3 aromatic rings. The number of nitrogens with one attached hydrogen (secondary N) is 2. The molecule has 40 heavy (non-hydrogen) atoms. The highest BCUT2D eigenvalue weighted by Crippen LogP contribution is 2.31. The fourth-order valence-electron chi connectivity index (χ4n) is 3.99. The fraction of sp³-hybridized carbons (Fsp3) is 0.226. The lowest BCUT2D eigenvalue weighted by Crippen LogP contribution is -2.32. The van der Waals surface area contributed by atoms with Crippen LogP contribution in [0.1, 0.15) is 65.8 Å². The van der Waals surface area contributed by atoms with Crippen molar-refractivity contribution in [3.05, 3.63) is 100 Å². The Hall–Kier alpha value is -4.43. The van der Waals surface area contributed by atoms with Gasteiger partial charge in [-0.1, -0.05) is 50.9 Å². The van der Waals surface area contributed by atoms with Crippen LogP contribution in [0, 0.1) is 0 Å². The number of halogens is 1. The van der Waals surface area contributed by atoms with Gasteiger partial charge in [0.15, 0.2) is 0 Å². The molecule has 0 saturated carbocycles. The number of unbranched alkanes of at least 4 members (excludes halogenated alkanes) is 1. The molecule has 9 heteroatoms. The standard InChI is InChI=1S/C31H30ClN3O5/c1-4-5-18-40-31(39)22-8-14-24(15-9-22)34-28(36)21-6-12-23(13-7-21)33-27-26(32)29(37)35(30(27)38)25-16-10-20(11-17-25)19(2)3/h6-17,19,33H,4-5,18H2,1-3H3,(H,34,36). The topological polar surface area (TPSA) is 105 Å². The van der Waals surface area contributed by atoms with Crippen molar-refractivity contribution in [3.8, 4) is 0 Å². The maximum Gasteiger partial charge on any atom is 0.338 e. The van der Waals surface area contributed by atoms with Crippen molar-refractivity contribution in [2.24, 2.45) is 0 Å². The van der Waals surface area contributed by atoms with Gasteiger partial charge in [0.1, 0.15) is 10.7 Å². The molecule has 0 fully saturated rings. The lowest BCUT2D eigenvalue weighted by Gasteiger charge is -2.16. The first-order chi connectivity index (χ1) is 19.2. The van der Waals surface area contributed by atoms with Crippen molar-refractivity contribution < 1.29 is 23.9 Å². The monoisotopic (exact) mass is 559 g/mol. The van der Waals surface area contributed by atoms with Gasteiger partial charge in [0.05, 0.1) is 17.9 Å². The molecule has 0 radical (unpaired) electrons. The molecule has 8 nitrogen and oxygen atoms in total. The summed E-state index contributed by atoms with van der Waals surface area (Å²) in [4.78, 5) is 51.6. The van der Waals surface area contributed by atoms with Crippen LogP contribution >= 0.6 is 11.6 Å². The number of imide groups is 1. The lowest BCUT2D eigenvalue weighted by atomic mass is 10.0. The number of benzene rings is 3. The minimum absolute atomic E-state index is 0.0369. The minimum atomic E-state index is -0.609. The van der Waals surface area contributed by atoms with E-state index in [1.807, 2.05) is 19.1 Å². The van der Waals surface area contributed by atoms with Crippen LogP contribution < -0.4 is 15.5 Å². The van der Waals surface area contributed by atoms with Gasteiger partial charge in [0, 0.05) is 16.9 Å². The van der Waals surface area contributed by atoms with E-state index >= 15 is 0 Å². The van der Waals surface area contributed by atoms with Crippen molar-refractivity contribution in [2.45, 2.75) is 39.5 Å². The molecule has 4 rings (SSSR count). The number of nitrogens with zero attached hydrogens (tertiary/aromatic N) is 1. The molecule has 0 saturated heterocycles. The van der Waals surface area contributed by atoms with Gasteiger partial charge in [0.2, 0.25) is 0 Å². The maximum atomic E-state index is 13.1. The van der Waals surface area contributed by atoms with Gasteiger partial charge in [-0.05, 0) is 78.6 Å². The van der Waals surface area contributed by atoms with Crippen molar-refractivity contribution in [2.75, 3.05) is 22.1 Å². The first-order valence-corrected chi connectivity index (χ1v) is 13.4. The molecule has 0 unspecified atom stereocenters. The molecule has 2 N–H and O–H groups in total. The molecule has 0 aliphatic carbocycles. The second-order valence-corrected chi connectivity index (χ2v) is 9.98. The Kier molecular flexibility index (Phi) is 9.01. The summed E-state index contributed by atoms with van der Waals surface area (Å²) in [7, 11) is 0. The molecular formula is C31H30ClN3O5. The minimum Gasteiger partial charge on any atom is -0.462 e. The van der Waals surface area contributed by atoms with Crippen LogP contribution in [0.15, 0.2) is 83.5 Å². The summed E-state index contributed by atoms with van der Waals surface area (Å²) in [5.74, 6) is -1.62. The van der Waals surface area contributed by atoms with Gasteiger partial charge in [0.25, 0.3) is 17.7 Å². The largest absolute Gasteiger partial charge is 0.462 e. The molecule has 0 atom stereocenters. The molecule has 1 aliphatic heterocycles. The first-order valence-electron chi connectivity index (χ1n) is 13.0. The molecule has 206 valence electrons. The number of anilines is 3. The number of carbonyl (C=O) groups is 4. The highest BCUT2D eigenvalue weighted by atomic mass is 35.5. The predicted molar refractivity (Wildman–Crippen MR) is 156 cm³/mol. The predicted octanol–water partition coefficient (Wildman–Crippen LogP) is 6.45. The highest BCUT2D eigenvalue weighted by molar-refractivity contribution is 6.53. The van der Waals surface area contributed by atoms with Crippen LogP contribution in [-0.4, -0.2) is 30.3 Å². The Bertz CT molecular complexity index is 1450. The van der Waals surface area contributed by atoms with Crippen LogP contribution in [0.5, 0.6) is 0 Å². The van der Waals surface area contributed by atoms with Crippen molar-refractivity contribution in [1.29, 1.82) is 0 Å². The van der Waals surface area contributed by atoms with Gasteiger partial charge in [-0.2, -0.15) is 0 Å². The number of hydrogen-bond donors (Lipinski definition) is 2. The molecule has 1 heterocycles. The van der Waals surface area contributed by atoms with E-state index < -0.39 is 17.8 Å². The summed E-state index contributed by atoms with van der Waals surface area (Å²) in [6, 6.07) is 20.0. The summed E-state index contributed by atoms with van der Waals surface area (Å²) in [5, 5.41) is 5.48. The number of carbonyl (C=O) groups excluding carboxylic acids is 4. The lowest BCUT2D eigenvalue weighted by molar-refractivity contribution is -0.120. The van der Waals surface area contributed by atoms with E-state index in [9.17, 15) is 19.2 Å². The average Bonchev–Trinajstić information content (AvgIpc) is 3.16. The third-order valence-electron chi connectivity index (χ3n) is 6.37. The summed E-state index contributed by atoms with van der Waals surface area (Å²) >= 11 is 6.25. The zero-order chi connectivity index (χ0) is 28.8. The summed E-state index contributed by atoms with van der Waals surface area (Å²) < 4.78 is 5.19. The van der Waals surface area contributed by atoms with E-state index in [1.54, 1.807) is 60.7 Å². The van der Waals surface area contributed by atoms with Gasteiger partial charge >= 0.3 is 5.97 Å². The van der Waals surface area contributed by atoms with Crippen LogP contribution in [0.4, 0.5) is 17.1 Å². The fourth-order valence-corrected chi connectivity index (χ4v) is 4.20. The molecule has 1 aliphatic rings. The summed E-state index contributed by atoms with van der Waals surface area (Å²) in [5.41, 5.74) is 3.26. The van der Waals surface area contributed by atoms with E-state index in [2.05, 4.69) is 24.5 Å². The third-order valence-corrected chi connectivity index (χ3v) is 6.72. The van der Waals surface area contributed by atoms with Crippen LogP contribution in [0.2, 0.25) is 0 Å². The molecule has 3 aromatic carbocycles. The highest BCUT2D eigenvalue weighted by Gasteiger charge is 2.39. The van der Waals surface area contributed by atoms with E-state index in [1.165, 1.54) is 0 Å². The number of ether oxygens (including phenoxy) is 1. The maximum absolute atomic E-state index is 13.1. The smallest absolute Gasteiger partial charge is 0.338 e. The molecule has 3 amide bonds. The Morgan fingerprint density at radius 3 is 2.05 bits per heavy atom. The zero-order valence-electron chi connectivity index (χ0n) is 22.5. The number of amides is 3. The molecule has 0 bridgehead atoms. The van der Waals surface area contributed by atoms with E-state index in [0.29, 0.717) is 40.7 Å². The van der Waals surface area contributed by atoms with Gasteiger partial charge in [-0.3, -0.25) is 14.4 Å². The second kappa shape index (κ2) is 12.6. The number of rotatable bonds is 10. The Balaban J connectivity index is 1.38. The van der Waals surface area contributed by atoms with Crippen molar-refractivity contribution >= 4 is 52.4 Å². The van der Waals surface area contributed by atoms with Gasteiger partial charge in [-0.25, -0.2) is 9.69 Å². The van der Waals surface area contributed by atoms with E-state index in [0.717, 1.165) is 23.3 Å². The van der Waals surface area contributed by atoms with Gasteiger partial charge in [-0.15, -0.1) is 0 Å². The second-order valence-electron chi connectivity index (χ2n) is 9.60. The Labute approximate surface area is 238 Å².